The highest BCUT2D eigenvalue weighted by molar-refractivity contribution is 5.65. The second-order valence-electron chi connectivity index (χ2n) is 11.9. The van der Waals surface area contributed by atoms with Crippen LogP contribution in [0.5, 0.6) is 0 Å². The number of hydrogen-bond donors (Lipinski definition) is 0. The Bertz CT molecular complexity index is 961. The molecule has 0 radical (unpaired) electrons. The molecule has 0 spiro atoms. The average molecular weight is 517 g/mol. The van der Waals surface area contributed by atoms with Gasteiger partial charge >= 0.3 is 0 Å². The molecular formula is C33H44F4. The molecule has 0 heterocycles. The van der Waals surface area contributed by atoms with Crippen LogP contribution < -0.4 is 0 Å². The minimum absolute atomic E-state index is 0.0178. The lowest BCUT2D eigenvalue weighted by Gasteiger charge is -2.30. The molecule has 0 aliphatic heterocycles. The summed E-state index contributed by atoms with van der Waals surface area (Å²) in [6.45, 7) is 2.28. The first-order valence-corrected chi connectivity index (χ1v) is 14.9. The Kier molecular flexibility index (Phi) is 10.5. The zero-order chi connectivity index (χ0) is 26.2. The fourth-order valence-electron chi connectivity index (χ4n) is 6.90. The third-order valence-corrected chi connectivity index (χ3v) is 9.25. The Balaban J connectivity index is 1.17. The van der Waals surface area contributed by atoms with Crippen LogP contribution in [0.3, 0.4) is 0 Å². The second kappa shape index (κ2) is 13.8. The summed E-state index contributed by atoms with van der Waals surface area (Å²) in [5.41, 5.74) is 0.413. The van der Waals surface area contributed by atoms with E-state index in [0.29, 0.717) is 5.56 Å². The van der Waals surface area contributed by atoms with Crippen molar-refractivity contribution in [1.29, 1.82) is 0 Å². The summed E-state index contributed by atoms with van der Waals surface area (Å²) in [5.74, 6) is -0.744. The van der Waals surface area contributed by atoms with Crippen LogP contribution in [0.2, 0.25) is 0 Å². The highest BCUT2D eigenvalue weighted by atomic mass is 19.2. The lowest BCUT2D eigenvalue weighted by molar-refractivity contribution is 0.240. The van der Waals surface area contributed by atoms with Crippen LogP contribution in [-0.4, -0.2) is 0 Å². The molecule has 4 rings (SSSR count). The maximum absolute atomic E-state index is 14.9. The highest BCUT2D eigenvalue weighted by Gasteiger charge is 2.25. The van der Waals surface area contributed by atoms with Crippen LogP contribution >= 0.6 is 0 Å². The Morgan fingerprint density at radius 1 is 0.568 bits per heavy atom. The van der Waals surface area contributed by atoms with E-state index >= 15 is 0 Å². The van der Waals surface area contributed by atoms with Gasteiger partial charge in [-0.15, -0.1) is 0 Å². The topological polar surface area (TPSA) is 0 Å². The molecule has 0 N–H and O–H groups in total. The van der Waals surface area contributed by atoms with Crippen molar-refractivity contribution in [3.63, 3.8) is 0 Å². The third kappa shape index (κ3) is 7.83. The zero-order valence-corrected chi connectivity index (χ0v) is 22.5. The van der Waals surface area contributed by atoms with Gasteiger partial charge in [-0.3, -0.25) is 0 Å². The number of rotatable bonds is 11. The van der Waals surface area contributed by atoms with Crippen LogP contribution in [0.25, 0.3) is 11.1 Å². The maximum Gasteiger partial charge on any atom is 0.159 e. The first-order chi connectivity index (χ1) is 17.9. The van der Waals surface area contributed by atoms with E-state index in [1.54, 1.807) is 0 Å². The van der Waals surface area contributed by atoms with Gasteiger partial charge in [0.25, 0.3) is 0 Å². The van der Waals surface area contributed by atoms with Gasteiger partial charge in [-0.2, -0.15) is 0 Å². The van der Waals surface area contributed by atoms with Gasteiger partial charge in [-0.1, -0.05) is 90.0 Å². The minimum Gasteiger partial charge on any atom is -0.206 e. The fourth-order valence-corrected chi connectivity index (χ4v) is 6.90. The number of benzene rings is 2. The summed E-state index contributed by atoms with van der Waals surface area (Å²) in [6, 6.07) is 5.75. The van der Waals surface area contributed by atoms with Gasteiger partial charge in [0.15, 0.2) is 11.6 Å². The van der Waals surface area contributed by atoms with Crippen LogP contribution in [0.1, 0.15) is 121 Å². The normalized spacial score (nSPS) is 24.4. The molecule has 2 aromatic carbocycles. The highest BCUT2D eigenvalue weighted by Crippen LogP contribution is 2.40. The van der Waals surface area contributed by atoms with Crippen molar-refractivity contribution in [3.8, 4) is 11.1 Å². The van der Waals surface area contributed by atoms with Gasteiger partial charge in [0.1, 0.15) is 11.6 Å². The molecular weight excluding hydrogens is 472 g/mol. The van der Waals surface area contributed by atoms with E-state index in [4.69, 9.17) is 0 Å². The SMILES string of the molecule is CCCCC[C@H]1CC[C@H](CCCCC2CCC(c3cc(F)c(-c4ccc(F)c(F)c4)c(F)c3)CC2)CC1. The molecule has 2 saturated carbocycles. The van der Waals surface area contributed by atoms with Crippen LogP contribution in [0, 0.1) is 41.0 Å². The van der Waals surface area contributed by atoms with Gasteiger partial charge in [0.05, 0.1) is 5.56 Å². The van der Waals surface area contributed by atoms with E-state index in [9.17, 15) is 17.6 Å². The summed E-state index contributed by atoms with van der Waals surface area (Å²) in [5, 5.41) is 0. The van der Waals surface area contributed by atoms with E-state index in [-0.39, 0.29) is 17.0 Å². The van der Waals surface area contributed by atoms with Crippen molar-refractivity contribution in [2.24, 2.45) is 17.8 Å². The van der Waals surface area contributed by atoms with E-state index in [2.05, 4.69) is 6.92 Å². The van der Waals surface area contributed by atoms with Gasteiger partial charge in [0, 0.05) is 0 Å². The standard InChI is InChI=1S/C33H44F4/c1-2-3-4-7-23-10-12-24(13-11-23)8-5-6-9-25-14-16-26(17-15-25)28-21-31(36)33(32(37)22-28)27-18-19-29(34)30(35)20-27/h18-26H,2-17H2,1H3/t23-,24-,25?,26?. The number of halogens is 4. The lowest BCUT2D eigenvalue weighted by atomic mass is 9.76. The molecule has 2 aliphatic rings. The Morgan fingerprint density at radius 3 is 1.54 bits per heavy atom. The predicted octanol–water partition coefficient (Wildman–Crippen LogP) is 11.1. The molecule has 0 amide bonds. The van der Waals surface area contributed by atoms with Crippen molar-refractivity contribution < 1.29 is 17.6 Å². The molecule has 2 aliphatic carbocycles. The molecule has 0 unspecified atom stereocenters. The van der Waals surface area contributed by atoms with Gasteiger partial charge in [0.2, 0.25) is 0 Å². The third-order valence-electron chi connectivity index (χ3n) is 9.25. The van der Waals surface area contributed by atoms with Crippen molar-refractivity contribution in [3.05, 3.63) is 59.2 Å². The summed E-state index contributed by atoms with van der Waals surface area (Å²) in [4.78, 5) is 0. The zero-order valence-electron chi connectivity index (χ0n) is 22.5. The second-order valence-corrected chi connectivity index (χ2v) is 11.9. The summed E-state index contributed by atoms with van der Waals surface area (Å²) in [7, 11) is 0. The average Bonchev–Trinajstić information content (AvgIpc) is 2.89. The first-order valence-electron chi connectivity index (χ1n) is 14.9. The number of unbranched alkanes of at least 4 members (excludes halogenated alkanes) is 3. The van der Waals surface area contributed by atoms with Crippen LogP contribution in [0.15, 0.2) is 30.3 Å². The Labute approximate surface area is 221 Å². The Morgan fingerprint density at radius 2 is 1.05 bits per heavy atom. The fraction of sp³-hybridized carbons (Fsp3) is 0.636. The van der Waals surface area contributed by atoms with E-state index < -0.39 is 23.3 Å². The molecule has 0 atom stereocenters. The summed E-state index contributed by atoms with van der Waals surface area (Å²) >= 11 is 0. The molecule has 0 saturated heterocycles. The van der Waals surface area contributed by atoms with Gasteiger partial charge in [-0.05, 0) is 84.7 Å². The lowest BCUT2D eigenvalue weighted by Crippen LogP contribution is -2.15. The molecule has 0 bridgehead atoms. The minimum atomic E-state index is -1.11. The smallest absolute Gasteiger partial charge is 0.159 e. The predicted molar refractivity (Wildman–Crippen MR) is 144 cm³/mol. The molecule has 4 heteroatoms. The van der Waals surface area contributed by atoms with Gasteiger partial charge in [-0.25, -0.2) is 17.6 Å². The van der Waals surface area contributed by atoms with E-state index in [0.717, 1.165) is 55.6 Å². The van der Waals surface area contributed by atoms with Crippen molar-refractivity contribution in [2.45, 2.75) is 116 Å². The van der Waals surface area contributed by atoms with Crippen molar-refractivity contribution in [2.75, 3.05) is 0 Å². The number of hydrogen-bond acceptors (Lipinski definition) is 0. The maximum atomic E-state index is 14.9. The molecule has 0 nitrogen and oxygen atoms in total. The van der Waals surface area contributed by atoms with Crippen LogP contribution in [0.4, 0.5) is 17.6 Å². The molecule has 2 aromatic rings. The molecule has 37 heavy (non-hydrogen) atoms. The monoisotopic (exact) mass is 516 g/mol. The van der Waals surface area contributed by atoms with Crippen molar-refractivity contribution in [1.82, 2.24) is 0 Å². The summed E-state index contributed by atoms with van der Waals surface area (Å²) < 4.78 is 56.5. The van der Waals surface area contributed by atoms with Gasteiger partial charge < -0.3 is 0 Å². The first kappa shape index (κ1) is 28.2. The molecule has 0 aromatic heterocycles. The molecule has 204 valence electrons. The largest absolute Gasteiger partial charge is 0.206 e. The summed E-state index contributed by atoms with van der Waals surface area (Å²) in [6.07, 6.45) is 20.8. The quantitative estimate of drug-likeness (QED) is 0.206. The van der Waals surface area contributed by atoms with E-state index in [1.807, 2.05) is 0 Å². The van der Waals surface area contributed by atoms with Crippen LogP contribution in [-0.2, 0) is 0 Å². The molecule has 2 fully saturated rings. The Hall–Kier alpha value is -1.84. The van der Waals surface area contributed by atoms with Crippen molar-refractivity contribution >= 4 is 0 Å². The van der Waals surface area contributed by atoms with E-state index in [1.165, 1.54) is 95.2 Å².